The molecule has 0 bridgehead atoms. The quantitative estimate of drug-likeness (QED) is 0.838. The lowest BCUT2D eigenvalue weighted by Crippen LogP contribution is -2.49. The van der Waals surface area contributed by atoms with Gasteiger partial charge in [0.2, 0.25) is 0 Å². The number of carbonyl (C=O) groups excluding carboxylic acids is 1. The lowest BCUT2D eigenvalue weighted by Gasteiger charge is -2.32. The predicted octanol–water partition coefficient (Wildman–Crippen LogP) is 1.12. The molecule has 0 radical (unpaired) electrons. The predicted molar refractivity (Wildman–Crippen MR) is 101 cm³/mol. The van der Waals surface area contributed by atoms with Gasteiger partial charge < -0.3 is 15.3 Å². The summed E-state index contributed by atoms with van der Waals surface area (Å²) in [4.78, 5) is 17.1. The van der Waals surface area contributed by atoms with Crippen molar-refractivity contribution in [3.8, 4) is 11.4 Å². The van der Waals surface area contributed by atoms with Crippen LogP contribution >= 0.6 is 12.4 Å². The van der Waals surface area contributed by atoms with E-state index < -0.39 is 0 Å². The summed E-state index contributed by atoms with van der Waals surface area (Å²) in [6, 6.07) is 9.89. The number of piperazine rings is 1. The Morgan fingerprint density at radius 2 is 1.88 bits per heavy atom. The zero-order chi connectivity index (χ0) is 17.2. The molecule has 3 heterocycles. The Morgan fingerprint density at radius 3 is 2.62 bits per heavy atom. The number of rotatable bonds is 3. The van der Waals surface area contributed by atoms with Gasteiger partial charge in [0, 0.05) is 45.3 Å². The number of amides is 1. The zero-order valence-electron chi connectivity index (χ0n) is 14.5. The number of benzene rings is 1. The Kier molecular flexibility index (Phi) is 5.80. The van der Waals surface area contributed by atoms with Crippen LogP contribution < -0.4 is 5.32 Å². The van der Waals surface area contributed by atoms with E-state index in [0.29, 0.717) is 19.1 Å². The van der Waals surface area contributed by atoms with Gasteiger partial charge in [-0.3, -0.25) is 9.69 Å². The standard InChI is InChI=1S/C18H23N5O2.ClH/c24-16-13-23(14-4-2-1-3-5-14)20-17(16)18(25)22-9-6-15(12-22)21-10-7-19-8-11-21;/h1-5,13,15,19,24H,6-12H2;1H. The van der Waals surface area contributed by atoms with E-state index in [1.165, 1.54) is 6.20 Å². The van der Waals surface area contributed by atoms with Crippen molar-refractivity contribution in [3.63, 3.8) is 0 Å². The van der Waals surface area contributed by atoms with Crippen LogP contribution in [0.15, 0.2) is 36.5 Å². The smallest absolute Gasteiger partial charge is 0.278 e. The molecule has 1 amide bonds. The van der Waals surface area contributed by atoms with Crippen molar-refractivity contribution < 1.29 is 9.90 Å². The van der Waals surface area contributed by atoms with Crippen molar-refractivity contribution in [2.45, 2.75) is 12.5 Å². The number of carbonyl (C=O) groups is 1. The average molecular weight is 378 g/mol. The molecule has 140 valence electrons. The molecule has 7 nitrogen and oxygen atoms in total. The number of nitrogens with zero attached hydrogens (tertiary/aromatic N) is 4. The lowest BCUT2D eigenvalue weighted by molar-refractivity contribution is 0.0764. The van der Waals surface area contributed by atoms with E-state index in [4.69, 9.17) is 0 Å². The van der Waals surface area contributed by atoms with Crippen LogP contribution in [0.4, 0.5) is 0 Å². The van der Waals surface area contributed by atoms with E-state index in [1.54, 1.807) is 4.68 Å². The Hall–Kier alpha value is -2.09. The fraction of sp³-hybridized carbons (Fsp3) is 0.444. The Morgan fingerprint density at radius 1 is 1.15 bits per heavy atom. The topological polar surface area (TPSA) is 73.6 Å². The van der Waals surface area contributed by atoms with Gasteiger partial charge in [-0.2, -0.15) is 5.10 Å². The molecule has 1 atom stereocenters. The Bertz CT molecular complexity index is 745. The second kappa shape index (κ2) is 8.07. The average Bonchev–Trinajstić information content (AvgIpc) is 3.30. The number of hydrogen-bond acceptors (Lipinski definition) is 5. The molecule has 0 spiro atoms. The largest absolute Gasteiger partial charge is 0.504 e. The highest BCUT2D eigenvalue weighted by molar-refractivity contribution is 5.95. The molecule has 0 saturated carbocycles. The van der Waals surface area contributed by atoms with Crippen LogP contribution in [0.1, 0.15) is 16.9 Å². The molecule has 1 unspecified atom stereocenters. The number of hydrogen-bond donors (Lipinski definition) is 2. The third-order valence-corrected chi connectivity index (χ3v) is 5.04. The van der Waals surface area contributed by atoms with Gasteiger partial charge in [-0.25, -0.2) is 4.68 Å². The molecule has 26 heavy (non-hydrogen) atoms. The summed E-state index contributed by atoms with van der Waals surface area (Å²) in [6.07, 6.45) is 2.47. The molecule has 2 N–H and O–H groups in total. The SMILES string of the molecule is Cl.O=C(c1nn(-c2ccccc2)cc1O)N1CCC(N2CCNCC2)C1. The second-order valence-corrected chi connectivity index (χ2v) is 6.62. The molecule has 2 fully saturated rings. The van der Waals surface area contributed by atoms with Gasteiger partial charge >= 0.3 is 0 Å². The molecule has 8 heteroatoms. The summed E-state index contributed by atoms with van der Waals surface area (Å²) in [5.74, 6) is -0.260. The second-order valence-electron chi connectivity index (χ2n) is 6.62. The van der Waals surface area contributed by atoms with Crippen molar-refractivity contribution >= 4 is 18.3 Å². The summed E-state index contributed by atoms with van der Waals surface area (Å²) in [5.41, 5.74) is 0.946. The third kappa shape index (κ3) is 3.70. The van der Waals surface area contributed by atoms with Crippen LogP contribution in [0, 0.1) is 0 Å². The van der Waals surface area contributed by atoms with Gasteiger partial charge in [0.1, 0.15) is 0 Å². The molecule has 4 rings (SSSR count). The minimum Gasteiger partial charge on any atom is -0.504 e. The molecule has 2 aliphatic rings. The first-order chi connectivity index (χ1) is 12.2. The number of para-hydroxylation sites is 1. The first-order valence-corrected chi connectivity index (χ1v) is 8.80. The van der Waals surface area contributed by atoms with Crippen molar-refractivity contribution in [2.24, 2.45) is 0 Å². The van der Waals surface area contributed by atoms with Crippen LogP contribution in [0.2, 0.25) is 0 Å². The fourth-order valence-electron chi connectivity index (χ4n) is 3.65. The van der Waals surface area contributed by atoms with Gasteiger partial charge in [-0.15, -0.1) is 12.4 Å². The normalized spacial score (nSPS) is 20.8. The van der Waals surface area contributed by atoms with Crippen LogP contribution in [0.5, 0.6) is 5.75 Å². The highest BCUT2D eigenvalue weighted by Gasteiger charge is 2.33. The number of likely N-dealkylation sites (tertiary alicyclic amines) is 1. The van der Waals surface area contributed by atoms with Crippen molar-refractivity contribution in [1.82, 2.24) is 24.9 Å². The minimum absolute atomic E-state index is 0. The molecule has 0 aliphatic carbocycles. The van der Waals surface area contributed by atoms with Gasteiger partial charge in [0.15, 0.2) is 11.4 Å². The van der Waals surface area contributed by atoms with E-state index in [2.05, 4.69) is 15.3 Å². The highest BCUT2D eigenvalue weighted by Crippen LogP contribution is 2.23. The number of halogens is 1. The van der Waals surface area contributed by atoms with Crippen LogP contribution in [-0.4, -0.2) is 75.9 Å². The maximum absolute atomic E-state index is 12.8. The Balaban J connectivity index is 0.00000196. The molecular formula is C18H24ClN5O2. The summed E-state index contributed by atoms with van der Waals surface area (Å²) >= 11 is 0. The third-order valence-electron chi connectivity index (χ3n) is 5.04. The van der Waals surface area contributed by atoms with Gasteiger partial charge in [0.05, 0.1) is 11.9 Å². The van der Waals surface area contributed by atoms with Gasteiger partial charge in [-0.05, 0) is 18.6 Å². The van der Waals surface area contributed by atoms with Crippen molar-refractivity contribution in [1.29, 1.82) is 0 Å². The van der Waals surface area contributed by atoms with Crippen LogP contribution in [0.25, 0.3) is 5.69 Å². The fourth-order valence-corrected chi connectivity index (χ4v) is 3.65. The van der Waals surface area contributed by atoms with E-state index in [-0.39, 0.29) is 29.8 Å². The Labute approximate surface area is 159 Å². The van der Waals surface area contributed by atoms with Crippen LogP contribution in [-0.2, 0) is 0 Å². The van der Waals surface area contributed by atoms with E-state index >= 15 is 0 Å². The van der Waals surface area contributed by atoms with Crippen molar-refractivity contribution in [3.05, 3.63) is 42.2 Å². The van der Waals surface area contributed by atoms with Gasteiger partial charge in [0.25, 0.3) is 5.91 Å². The first-order valence-electron chi connectivity index (χ1n) is 8.80. The number of aromatic hydroxyl groups is 1. The molecule has 2 aromatic rings. The molecule has 2 aliphatic heterocycles. The molecular weight excluding hydrogens is 354 g/mol. The summed E-state index contributed by atoms with van der Waals surface area (Å²) in [7, 11) is 0. The van der Waals surface area contributed by atoms with E-state index in [1.807, 2.05) is 35.2 Å². The minimum atomic E-state index is -0.190. The zero-order valence-corrected chi connectivity index (χ0v) is 15.4. The summed E-state index contributed by atoms with van der Waals surface area (Å²) < 4.78 is 1.55. The maximum Gasteiger partial charge on any atom is 0.278 e. The van der Waals surface area contributed by atoms with Gasteiger partial charge in [-0.1, -0.05) is 18.2 Å². The van der Waals surface area contributed by atoms with Crippen LogP contribution in [0.3, 0.4) is 0 Å². The summed E-state index contributed by atoms with van der Waals surface area (Å²) in [5, 5.41) is 17.9. The molecule has 1 aromatic carbocycles. The van der Waals surface area contributed by atoms with Crippen molar-refractivity contribution in [2.75, 3.05) is 39.3 Å². The molecule has 1 aromatic heterocycles. The number of nitrogens with one attached hydrogen (secondary N) is 1. The molecule has 2 saturated heterocycles. The monoisotopic (exact) mass is 377 g/mol. The highest BCUT2D eigenvalue weighted by atomic mass is 35.5. The number of aromatic nitrogens is 2. The van der Waals surface area contributed by atoms with E-state index in [0.717, 1.165) is 38.3 Å². The maximum atomic E-state index is 12.8. The lowest BCUT2D eigenvalue weighted by atomic mass is 10.2. The first kappa shape index (κ1) is 18.7. The summed E-state index contributed by atoms with van der Waals surface area (Å²) in [6.45, 7) is 5.49. The van der Waals surface area contributed by atoms with E-state index in [9.17, 15) is 9.90 Å².